The number of anilines is 3. The van der Waals surface area contributed by atoms with Crippen LogP contribution in [0.2, 0.25) is 0 Å². The van der Waals surface area contributed by atoms with Gasteiger partial charge in [0.1, 0.15) is 0 Å². The summed E-state index contributed by atoms with van der Waals surface area (Å²) in [5.41, 5.74) is 26.0. The molecule has 0 fully saturated rings. The summed E-state index contributed by atoms with van der Waals surface area (Å²) in [6.07, 6.45) is 8.54. The van der Waals surface area contributed by atoms with Crippen LogP contribution in [0, 0.1) is 0 Å². The SMILES string of the molecule is NC(/C=C(\N=C\c1ccccc1)c1ccc(-c2ccc3c(c2)C2(C4=C3C=CCN4)c3ccccc3N(c3ccccc3)c3ccccc32)cc1)c1ccc(-c2ccccc2)cc1. The fraction of sp³-hybridized carbons (Fsp3) is 0.0517. The van der Waals surface area contributed by atoms with Crippen LogP contribution in [-0.4, -0.2) is 12.8 Å². The van der Waals surface area contributed by atoms with Crippen LogP contribution in [0.25, 0.3) is 33.5 Å². The first-order chi connectivity index (χ1) is 30.7. The summed E-state index contributed by atoms with van der Waals surface area (Å²) >= 11 is 0. The predicted molar refractivity (Wildman–Crippen MR) is 258 cm³/mol. The van der Waals surface area contributed by atoms with Crippen LogP contribution in [0.5, 0.6) is 0 Å². The van der Waals surface area contributed by atoms with E-state index in [1.54, 1.807) is 0 Å². The standard InChI is InChI=1S/C58H44N4/c59-53(44-30-26-42(27-31-44)41-17-6-2-7-18-41)38-54(61-39-40-15-4-1-5-16-40)45-32-28-43(29-33-45)46-34-35-48-49-21-14-36-60-57(49)58(52(48)37-46)50-22-10-12-24-55(50)62(47-19-8-3-9-20-47)56-25-13-11-23-51(56)58/h1-35,37-39,53,60H,36,59H2/b54-38-,61-39+. The Balaban J connectivity index is 0.997. The average molecular weight is 797 g/mol. The molecule has 8 aromatic rings. The van der Waals surface area contributed by atoms with E-state index < -0.39 is 5.41 Å². The van der Waals surface area contributed by atoms with Gasteiger partial charge in [0.15, 0.2) is 0 Å². The lowest BCUT2D eigenvalue weighted by Crippen LogP contribution is -2.41. The van der Waals surface area contributed by atoms with Crippen LogP contribution >= 0.6 is 0 Å². The minimum Gasteiger partial charge on any atom is -0.383 e. The van der Waals surface area contributed by atoms with E-state index in [2.05, 4.69) is 210 Å². The van der Waals surface area contributed by atoms with Crippen LogP contribution in [0.15, 0.2) is 235 Å². The minimum atomic E-state index is -0.540. The largest absolute Gasteiger partial charge is 0.383 e. The van der Waals surface area contributed by atoms with Gasteiger partial charge in [-0.25, -0.2) is 0 Å². The highest BCUT2D eigenvalue weighted by Gasteiger charge is 2.53. The Kier molecular flexibility index (Phi) is 9.41. The van der Waals surface area contributed by atoms with Crippen molar-refractivity contribution in [1.29, 1.82) is 0 Å². The van der Waals surface area contributed by atoms with Gasteiger partial charge in [0.2, 0.25) is 0 Å². The molecule has 0 saturated carbocycles. The molecule has 11 rings (SSSR count). The Morgan fingerprint density at radius 3 is 1.84 bits per heavy atom. The Hall–Kier alpha value is -7.79. The van der Waals surface area contributed by atoms with Crippen LogP contribution in [0.3, 0.4) is 0 Å². The quantitative estimate of drug-likeness (QED) is 0.151. The van der Waals surface area contributed by atoms with Gasteiger partial charge in [-0.15, -0.1) is 0 Å². The Morgan fingerprint density at radius 2 is 1.15 bits per heavy atom. The zero-order valence-electron chi connectivity index (χ0n) is 34.2. The van der Waals surface area contributed by atoms with Gasteiger partial charge in [-0.1, -0.05) is 188 Å². The van der Waals surface area contributed by atoms with Crippen molar-refractivity contribution in [2.45, 2.75) is 11.5 Å². The van der Waals surface area contributed by atoms with Crippen molar-refractivity contribution < 1.29 is 0 Å². The van der Waals surface area contributed by atoms with Gasteiger partial charge in [-0.2, -0.15) is 0 Å². The van der Waals surface area contributed by atoms with Gasteiger partial charge in [0.05, 0.1) is 28.5 Å². The molecule has 4 nitrogen and oxygen atoms in total. The number of allylic oxidation sites excluding steroid dienone is 3. The molecule has 8 aromatic carbocycles. The second kappa shape index (κ2) is 15.7. The van der Waals surface area contributed by atoms with Gasteiger partial charge < -0.3 is 16.0 Å². The predicted octanol–water partition coefficient (Wildman–Crippen LogP) is 13.2. The number of nitrogens with zero attached hydrogens (tertiary/aromatic N) is 2. The van der Waals surface area contributed by atoms with Crippen molar-refractivity contribution in [3.8, 4) is 22.3 Å². The molecular weight excluding hydrogens is 753 g/mol. The number of dihydropyridines is 1. The number of aliphatic imine (C=N–C) groups is 1. The molecular formula is C58H44N4. The molecule has 0 aromatic heterocycles. The second-order valence-electron chi connectivity index (χ2n) is 16.1. The first-order valence-electron chi connectivity index (χ1n) is 21.3. The summed E-state index contributed by atoms with van der Waals surface area (Å²) in [4.78, 5) is 7.47. The maximum absolute atomic E-state index is 6.92. The molecule has 3 aliphatic rings. The van der Waals surface area contributed by atoms with E-state index in [1.165, 1.54) is 50.5 Å². The van der Waals surface area contributed by atoms with Crippen molar-refractivity contribution in [2.24, 2.45) is 10.7 Å². The Bertz CT molecular complexity index is 3010. The highest BCUT2D eigenvalue weighted by molar-refractivity contribution is 5.98. The maximum Gasteiger partial charge on any atom is 0.0901 e. The average Bonchev–Trinajstić information content (AvgIpc) is 3.64. The van der Waals surface area contributed by atoms with Crippen molar-refractivity contribution in [3.63, 3.8) is 0 Å². The molecule has 1 atom stereocenters. The van der Waals surface area contributed by atoms with E-state index in [9.17, 15) is 0 Å². The van der Waals surface area contributed by atoms with Gasteiger partial charge in [-0.05, 0) is 97.6 Å². The number of hydrogen-bond donors (Lipinski definition) is 2. The highest BCUT2D eigenvalue weighted by Crippen LogP contribution is 2.62. The highest BCUT2D eigenvalue weighted by atomic mass is 15.2. The zero-order chi connectivity index (χ0) is 41.5. The number of hydrogen-bond acceptors (Lipinski definition) is 4. The first-order valence-corrected chi connectivity index (χ1v) is 21.3. The summed E-state index contributed by atoms with van der Waals surface area (Å²) in [6, 6.07) is 73.2. The van der Waals surface area contributed by atoms with Crippen LogP contribution in [-0.2, 0) is 5.41 Å². The van der Waals surface area contributed by atoms with E-state index in [0.717, 1.165) is 51.3 Å². The van der Waals surface area contributed by atoms with Crippen molar-refractivity contribution >= 4 is 34.5 Å². The molecule has 3 N–H and O–H groups in total. The van der Waals surface area contributed by atoms with E-state index in [-0.39, 0.29) is 6.04 Å². The third-order valence-electron chi connectivity index (χ3n) is 12.6. The monoisotopic (exact) mass is 796 g/mol. The molecule has 2 heterocycles. The molecule has 0 amide bonds. The van der Waals surface area contributed by atoms with Gasteiger partial charge >= 0.3 is 0 Å². The summed E-state index contributed by atoms with van der Waals surface area (Å²) in [5.74, 6) is 0. The number of rotatable bonds is 8. The topological polar surface area (TPSA) is 53.6 Å². The zero-order valence-corrected chi connectivity index (χ0v) is 34.2. The molecule has 1 unspecified atom stereocenters. The molecule has 1 spiro atoms. The van der Waals surface area contributed by atoms with Crippen LogP contribution < -0.4 is 16.0 Å². The Morgan fingerprint density at radius 1 is 0.581 bits per heavy atom. The van der Waals surface area contributed by atoms with E-state index in [1.807, 2.05) is 30.5 Å². The summed E-state index contributed by atoms with van der Waals surface area (Å²) in [7, 11) is 0. The molecule has 4 heteroatoms. The van der Waals surface area contributed by atoms with Crippen LogP contribution in [0.4, 0.5) is 17.1 Å². The Labute approximate surface area is 363 Å². The van der Waals surface area contributed by atoms with Gasteiger partial charge in [0, 0.05) is 29.7 Å². The molecule has 1 aliphatic carbocycles. The fourth-order valence-electron chi connectivity index (χ4n) is 9.67. The third kappa shape index (κ3) is 6.32. The van der Waals surface area contributed by atoms with Crippen molar-refractivity contribution in [1.82, 2.24) is 5.32 Å². The number of nitrogens with two attached hydrogens (primary N) is 1. The van der Waals surface area contributed by atoms with E-state index in [0.29, 0.717) is 0 Å². The van der Waals surface area contributed by atoms with E-state index >= 15 is 0 Å². The molecule has 62 heavy (non-hydrogen) atoms. The van der Waals surface area contributed by atoms with Gasteiger partial charge in [0.25, 0.3) is 0 Å². The lowest BCUT2D eigenvalue weighted by Gasteiger charge is -2.46. The normalized spacial score (nSPS) is 15.2. The van der Waals surface area contributed by atoms with Crippen molar-refractivity contribution in [3.05, 3.63) is 269 Å². The number of para-hydroxylation sites is 3. The third-order valence-corrected chi connectivity index (χ3v) is 12.6. The maximum atomic E-state index is 6.92. The van der Waals surface area contributed by atoms with Crippen molar-refractivity contribution in [2.75, 3.05) is 11.4 Å². The number of nitrogens with one attached hydrogen (secondary N) is 1. The summed E-state index contributed by atoms with van der Waals surface area (Å²) in [5, 5.41) is 3.91. The van der Waals surface area contributed by atoms with Crippen LogP contribution in [0.1, 0.15) is 45.0 Å². The lowest BCUT2D eigenvalue weighted by molar-refractivity contribution is 0.659. The minimum absolute atomic E-state index is 0.351. The molecule has 2 aliphatic heterocycles. The molecule has 0 radical (unpaired) electrons. The number of fused-ring (bicyclic) bond motifs is 8. The molecule has 296 valence electrons. The lowest BCUT2D eigenvalue weighted by atomic mass is 9.65. The second-order valence-corrected chi connectivity index (χ2v) is 16.1. The molecule has 0 saturated heterocycles. The van der Waals surface area contributed by atoms with E-state index in [4.69, 9.17) is 10.7 Å². The fourth-order valence-corrected chi connectivity index (χ4v) is 9.67. The van der Waals surface area contributed by atoms with Gasteiger partial charge in [-0.3, -0.25) is 4.99 Å². The number of benzene rings is 8. The summed E-state index contributed by atoms with van der Waals surface area (Å²) < 4.78 is 0. The first kappa shape index (κ1) is 37.2. The smallest absolute Gasteiger partial charge is 0.0901 e. The summed E-state index contributed by atoms with van der Waals surface area (Å²) in [6.45, 7) is 0.779. The molecule has 0 bridgehead atoms.